The first-order valence-electron chi connectivity index (χ1n) is 4.79. The summed E-state index contributed by atoms with van der Waals surface area (Å²) in [4.78, 5) is 13.1. The number of nitrogens with one attached hydrogen (secondary N) is 1. The zero-order valence-electron chi connectivity index (χ0n) is 9.12. The van der Waals surface area contributed by atoms with Crippen molar-refractivity contribution in [3.05, 3.63) is 0 Å². The molecule has 0 aromatic carbocycles. The van der Waals surface area contributed by atoms with E-state index >= 15 is 0 Å². The summed E-state index contributed by atoms with van der Waals surface area (Å²) in [6, 6.07) is 0. The molecule has 0 saturated heterocycles. The Morgan fingerprint density at radius 1 is 1.43 bits per heavy atom. The van der Waals surface area contributed by atoms with Crippen LogP contribution in [0.4, 0.5) is 4.70 Å². The van der Waals surface area contributed by atoms with Crippen LogP contribution in [0.1, 0.15) is 20.8 Å². The summed E-state index contributed by atoms with van der Waals surface area (Å²) in [6.07, 6.45) is -0.906. The van der Waals surface area contributed by atoms with Crippen molar-refractivity contribution in [1.82, 2.24) is 10.2 Å². The number of nitrogens with zero attached hydrogens (tertiary/aromatic N) is 1. The van der Waals surface area contributed by atoms with E-state index in [1.165, 1.54) is 6.92 Å². The van der Waals surface area contributed by atoms with Crippen molar-refractivity contribution in [2.75, 3.05) is 26.2 Å². The highest BCUT2D eigenvalue weighted by atomic mass is 19.0. The molecule has 0 fully saturated rings. The molecule has 0 bridgehead atoms. The summed E-state index contributed by atoms with van der Waals surface area (Å²) in [5, 5.41) is 11.5. The van der Waals surface area contributed by atoms with E-state index in [0.717, 1.165) is 19.6 Å². The van der Waals surface area contributed by atoms with E-state index in [4.69, 9.17) is 5.11 Å². The lowest BCUT2D eigenvalue weighted by Crippen LogP contribution is -2.38. The predicted octanol–water partition coefficient (Wildman–Crippen LogP) is -0.0223. The lowest BCUT2D eigenvalue weighted by molar-refractivity contribution is -0.128. The summed E-state index contributed by atoms with van der Waals surface area (Å²) < 4.78 is 0. The molecule has 0 aromatic heterocycles. The number of halogens is 1. The minimum absolute atomic E-state index is 0. The fourth-order valence-corrected chi connectivity index (χ4v) is 1.02. The molecule has 0 radical (unpaired) electrons. The van der Waals surface area contributed by atoms with E-state index in [1.807, 2.05) is 0 Å². The second-order valence-corrected chi connectivity index (χ2v) is 2.99. The van der Waals surface area contributed by atoms with Gasteiger partial charge in [0.25, 0.3) is 0 Å². The Bertz CT molecular complexity index is 150. The maximum atomic E-state index is 10.9. The van der Waals surface area contributed by atoms with Crippen molar-refractivity contribution in [1.29, 1.82) is 0 Å². The lowest BCUT2D eigenvalue weighted by Gasteiger charge is -2.18. The molecule has 1 atom stereocenters. The first-order valence-corrected chi connectivity index (χ1v) is 4.79. The Hall–Kier alpha value is -0.680. The van der Waals surface area contributed by atoms with Gasteiger partial charge in [-0.2, -0.15) is 0 Å². The number of hydrogen-bond donors (Lipinski definition) is 2. The zero-order chi connectivity index (χ0) is 10.3. The van der Waals surface area contributed by atoms with Gasteiger partial charge >= 0.3 is 0 Å². The standard InChI is InChI=1S/C9H20N2O2.FH/c1-4-11(5-2)7-6-10-9(13)8(3)12;/h8,12H,4-7H2,1-3H3,(H,10,13);1H. The average Bonchev–Trinajstić information content (AvgIpc) is 2.12. The maximum absolute atomic E-state index is 10.9. The lowest BCUT2D eigenvalue weighted by atomic mass is 10.4. The van der Waals surface area contributed by atoms with E-state index in [2.05, 4.69) is 24.1 Å². The van der Waals surface area contributed by atoms with Crippen LogP contribution in [0.2, 0.25) is 0 Å². The third kappa shape index (κ3) is 6.80. The molecule has 2 N–H and O–H groups in total. The first-order chi connectivity index (χ1) is 6.11. The predicted molar refractivity (Wildman–Crippen MR) is 55.0 cm³/mol. The van der Waals surface area contributed by atoms with Gasteiger partial charge < -0.3 is 15.3 Å². The molecular weight excluding hydrogens is 187 g/mol. The number of carbonyl (C=O) groups excluding carboxylic acids is 1. The van der Waals surface area contributed by atoms with Crippen LogP contribution in [0, 0.1) is 0 Å². The maximum Gasteiger partial charge on any atom is 0.248 e. The summed E-state index contributed by atoms with van der Waals surface area (Å²) in [5.41, 5.74) is 0. The number of amides is 1. The van der Waals surface area contributed by atoms with Gasteiger partial charge in [0.15, 0.2) is 0 Å². The molecule has 0 aliphatic heterocycles. The molecule has 0 aliphatic carbocycles. The molecule has 1 amide bonds. The Kier molecular flexibility index (Phi) is 10.0. The van der Waals surface area contributed by atoms with Crippen LogP contribution < -0.4 is 5.32 Å². The highest BCUT2D eigenvalue weighted by Crippen LogP contribution is 1.85. The number of aliphatic hydroxyl groups excluding tert-OH is 1. The van der Waals surface area contributed by atoms with E-state index in [-0.39, 0.29) is 10.6 Å². The fraction of sp³-hybridized carbons (Fsp3) is 0.889. The molecule has 0 spiro atoms. The van der Waals surface area contributed by atoms with Crippen LogP contribution in [0.25, 0.3) is 0 Å². The fourth-order valence-electron chi connectivity index (χ4n) is 1.02. The summed E-state index contributed by atoms with van der Waals surface area (Å²) in [5.74, 6) is -0.299. The van der Waals surface area contributed by atoms with Crippen molar-refractivity contribution >= 4 is 5.91 Å². The Balaban J connectivity index is 0. The van der Waals surface area contributed by atoms with Gasteiger partial charge in [-0.3, -0.25) is 9.50 Å². The summed E-state index contributed by atoms with van der Waals surface area (Å²) in [7, 11) is 0. The normalized spacial score (nSPS) is 12.1. The summed E-state index contributed by atoms with van der Waals surface area (Å²) in [6.45, 7) is 9.05. The smallest absolute Gasteiger partial charge is 0.248 e. The van der Waals surface area contributed by atoms with Gasteiger partial charge in [-0.1, -0.05) is 13.8 Å². The molecule has 5 heteroatoms. The molecule has 86 valence electrons. The molecule has 0 saturated carbocycles. The third-order valence-corrected chi connectivity index (χ3v) is 2.00. The van der Waals surface area contributed by atoms with Crippen molar-refractivity contribution < 1.29 is 14.6 Å². The van der Waals surface area contributed by atoms with Gasteiger partial charge in [-0.25, -0.2) is 0 Å². The SMILES string of the molecule is CCN(CC)CCNC(=O)C(C)O.F. The minimum atomic E-state index is -0.906. The van der Waals surface area contributed by atoms with E-state index < -0.39 is 6.10 Å². The molecule has 14 heavy (non-hydrogen) atoms. The van der Waals surface area contributed by atoms with Crippen molar-refractivity contribution in [2.45, 2.75) is 26.9 Å². The molecule has 0 aromatic rings. The Morgan fingerprint density at radius 3 is 2.29 bits per heavy atom. The van der Waals surface area contributed by atoms with E-state index in [1.54, 1.807) is 0 Å². The number of likely N-dealkylation sites (N-methyl/N-ethyl adjacent to an activating group) is 1. The number of aliphatic hydroxyl groups is 1. The minimum Gasteiger partial charge on any atom is -0.384 e. The average molecular weight is 208 g/mol. The number of rotatable bonds is 6. The van der Waals surface area contributed by atoms with Gasteiger partial charge in [0.1, 0.15) is 6.10 Å². The monoisotopic (exact) mass is 208 g/mol. The third-order valence-electron chi connectivity index (χ3n) is 2.00. The molecule has 1 unspecified atom stereocenters. The highest BCUT2D eigenvalue weighted by molar-refractivity contribution is 5.79. The van der Waals surface area contributed by atoms with E-state index in [9.17, 15) is 4.79 Å². The van der Waals surface area contributed by atoms with Crippen molar-refractivity contribution in [2.24, 2.45) is 0 Å². The Labute approximate surface area is 84.7 Å². The van der Waals surface area contributed by atoms with Gasteiger partial charge in [-0.05, 0) is 20.0 Å². The van der Waals surface area contributed by atoms with Crippen molar-refractivity contribution in [3.8, 4) is 0 Å². The summed E-state index contributed by atoms with van der Waals surface area (Å²) >= 11 is 0. The molecule has 4 nitrogen and oxygen atoms in total. The van der Waals surface area contributed by atoms with E-state index in [0.29, 0.717) is 6.54 Å². The molecule has 0 rings (SSSR count). The van der Waals surface area contributed by atoms with Crippen LogP contribution in [0.5, 0.6) is 0 Å². The van der Waals surface area contributed by atoms with Crippen LogP contribution >= 0.6 is 0 Å². The second kappa shape index (κ2) is 8.90. The van der Waals surface area contributed by atoms with Gasteiger partial charge in [-0.15, -0.1) is 0 Å². The molecule has 0 aliphatic rings. The van der Waals surface area contributed by atoms with Crippen LogP contribution in [0.15, 0.2) is 0 Å². The second-order valence-electron chi connectivity index (χ2n) is 2.99. The largest absolute Gasteiger partial charge is 0.384 e. The Morgan fingerprint density at radius 2 is 1.93 bits per heavy atom. The van der Waals surface area contributed by atoms with Crippen LogP contribution in [0.3, 0.4) is 0 Å². The number of hydrogen-bond acceptors (Lipinski definition) is 3. The van der Waals surface area contributed by atoms with Crippen LogP contribution in [-0.2, 0) is 4.79 Å². The first kappa shape index (κ1) is 15.8. The van der Waals surface area contributed by atoms with Gasteiger partial charge in [0.2, 0.25) is 5.91 Å². The van der Waals surface area contributed by atoms with Crippen LogP contribution in [-0.4, -0.2) is 48.2 Å². The van der Waals surface area contributed by atoms with Crippen molar-refractivity contribution in [3.63, 3.8) is 0 Å². The zero-order valence-corrected chi connectivity index (χ0v) is 9.12. The number of carbonyl (C=O) groups is 1. The quantitative estimate of drug-likeness (QED) is 0.645. The van der Waals surface area contributed by atoms with Gasteiger partial charge in [0.05, 0.1) is 0 Å². The molecular formula is C9H21FN2O2. The molecule has 0 heterocycles. The highest BCUT2D eigenvalue weighted by Gasteiger charge is 2.07. The topological polar surface area (TPSA) is 52.6 Å². The van der Waals surface area contributed by atoms with Gasteiger partial charge in [0, 0.05) is 13.1 Å².